The highest BCUT2D eigenvalue weighted by molar-refractivity contribution is 5.98. The molecule has 0 spiro atoms. The van der Waals surface area contributed by atoms with Crippen LogP contribution < -0.4 is 11.0 Å². The first-order valence-corrected chi connectivity index (χ1v) is 8.82. The van der Waals surface area contributed by atoms with Gasteiger partial charge in [-0.2, -0.15) is 5.10 Å². The fraction of sp³-hybridized carbons (Fsp3) is 0.474. The van der Waals surface area contributed by atoms with Crippen LogP contribution in [0, 0.1) is 5.92 Å². The number of carbonyl (C=O) groups excluding carboxylic acids is 1. The van der Waals surface area contributed by atoms with Gasteiger partial charge in [-0.15, -0.1) is 0 Å². The van der Waals surface area contributed by atoms with Crippen LogP contribution in [0.4, 0.5) is 0 Å². The minimum absolute atomic E-state index is 0.0213. The van der Waals surface area contributed by atoms with E-state index < -0.39 is 0 Å². The number of nitrogens with zero attached hydrogens (tertiary/aromatic N) is 3. The van der Waals surface area contributed by atoms with Crippen molar-refractivity contribution in [2.24, 2.45) is 11.0 Å². The molecule has 1 aliphatic rings. The minimum Gasteiger partial charge on any atom is -0.296 e. The largest absolute Gasteiger partial charge is 0.296 e. The van der Waals surface area contributed by atoms with E-state index in [1.165, 1.54) is 0 Å². The standard InChI is InChI=1S/C19H24N4O2/c1-12(2)6-7-13(3)21-22-18(24)14-8-9-15-16(11-14)20-17-5-4-10-23(17)19(15)25/h8-9,11-12H,4-7,10H2,1-3H3,(H,22,24)/b21-13-. The second-order valence-corrected chi connectivity index (χ2v) is 7.04. The zero-order chi connectivity index (χ0) is 18.0. The maximum atomic E-state index is 12.4. The van der Waals surface area contributed by atoms with Crippen LogP contribution in [-0.4, -0.2) is 21.2 Å². The van der Waals surface area contributed by atoms with Gasteiger partial charge in [0.15, 0.2) is 0 Å². The Morgan fingerprint density at radius 2 is 2.20 bits per heavy atom. The van der Waals surface area contributed by atoms with Crippen molar-refractivity contribution in [3.8, 4) is 0 Å². The lowest BCUT2D eigenvalue weighted by Gasteiger charge is -2.07. The van der Waals surface area contributed by atoms with E-state index in [1.54, 1.807) is 22.8 Å². The van der Waals surface area contributed by atoms with E-state index in [4.69, 9.17) is 0 Å². The van der Waals surface area contributed by atoms with Crippen molar-refractivity contribution in [2.75, 3.05) is 0 Å². The van der Waals surface area contributed by atoms with Gasteiger partial charge in [0, 0.05) is 24.2 Å². The Bertz CT molecular complexity index is 896. The number of hydrazone groups is 1. The molecule has 0 saturated heterocycles. The fourth-order valence-electron chi connectivity index (χ4n) is 2.99. The van der Waals surface area contributed by atoms with Gasteiger partial charge in [-0.25, -0.2) is 10.4 Å². The second-order valence-electron chi connectivity index (χ2n) is 7.04. The summed E-state index contributed by atoms with van der Waals surface area (Å²) in [6, 6.07) is 5.01. The van der Waals surface area contributed by atoms with Gasteiger partial charge < -0.3 is 0 Å². The first-order chi connectivity index (χ1) is 12.0. The molecular formula is C19H24N4O2. The van der Waals surface area contributed by atoms with Crippen molar-refractivity contribution in [1.82, 2.24) is 15.0 Å². The summed E-state index contributed by atoms with van der Waals surface area (Å²) in [5.74, 6) is 1.12. The third kappa shape index (κ3) is 3.78. The molecule has 0 fully saturated rings. The Morgan fingerprint density at radius 3 is 2.96 bits per heavy atom. The molecule has 1 aromatic heterocycles. The van der Waals surface area contributed by atoms with E-state index in [0.717, 1.165) is 43.8 Å². The number of aryl methyl sites for hydroxylation is 1. The molecule has 2 heterocycles. The lowest BCUT2D eigenvalue weighted by Crippen LogP contribution is -2.22. The summed E-state index contributed by atoms with van der Waals surface area (Å²) in [5.41, 5.74) is 4.51. The molecule has 0 bridgehead atoms. The molecule has 1 aliphatic heterocycles. The SMILES string of the molecule is C/C(CCC(C)C)=N/NC(=O)c1ccc2c(=O)n3c(nc2c1)CCC3. The number of fused-ring (bicyclic) bond motifs is 2. The lowest BCUT2D eigenvalue weighted by molar-refractivity contribution is 0.0955. The van der Waals surface area contributed by atoms with Crippen molar-refractivity contribution >= 4 is 22.5 Å². The number of nitrogens with one attached hydrogen (secondary N) is 1. The van der Waals surface area contributed by atoms with Crippen LogP contribution in [0.15, 0.2) is 28.1 Å². The molecule has 0 atom stereocenters. The first-order valence-electron chi connectivity index (χ1n) is 8.82. The molecule has 0 saturated carbocycles. The highest BCUT2D eigenvalue weighted by atomic mass is 16.2. The highest BCUT2D eigenvalue weighted by Crippen LogP contribution is 2.16. The average molecular weight is 340 g/mol. The molecule has 6 nitrogen and oxygen atoms in total. The number of hydrogen-bond donors (Lipinski definition) is 1. The van der Waals surface area contributed by atoms with Gasteiger partial charge in [0.25, 0.3) is 11.5 Å². The van der Waals surface area contributed by atoms with Crippen LogP contribution in [0.3, 0.4) is 0 Å². The van der Waals surface area contributed by atoms with Crippen molar-refractivity contribution in [1.29, 1.82) is 0 Å². The van der Waals surface area contributed by atoms with Crippen LogP contribution in [-0.2, 0) is 13.0 Å². The van der Waals surface area contributed by atoms with Crippen molar-refractivity contribution in [3.63, 3.8) is 0 Å². The van der Waals surface area contributed by atoms with Gasteiger partial charge in [0.2, 0.25) is 0 Å². The first kappa shape index (κ1) is 17.3. The minimum atomic E-state index is -0.284. The van der Waals surface area contributed by atoms with Crippen molar-refractivity contribution in [2.45, 2.75) is 53.0 Å². The molecule has 0 radical (unpaired) electrons. The summed E-state index contributed by atoms with van der Waals surface area (Å²) in [5, 5.41) is 4.71. The zero-order valence-corrected chi connectivity index (χ0v) is 15.0. The predicted octanol–water partition coefficient (Wildman–Crippen LogP) is 2.88. The van der Waals surface area contributed by atoms with Crippen LogP contribution in [0.2, 0.25) is 0 Å². The number of hydrogen-bond acceptors (Lipinski definition) is 4. The maximum Gasteiger partial charge on any atom is 0.271 e. The van der Waals surface area contributed by atoms with Crippen LogP contribution in [0.5, 0.6) is 0 Å². The molecule has 2 aromatic rings. The summed E-state index contributed by atoms with van der Waals surface area (Å²) in [6.45, 7) is 6.96. The maximum absolute atomic E-state index is 12.4. The normalized spacial score (nSPS) is 14.2. The number of amides is 1. The Morgan fingerprint density at radius 1 is 1.40 bits per heavy atom. The predicted molar refractivity (Wildman–Crippen MR) is 99.0 cm³/mol. The monoisotopic (exact) mass is 340 g/mol. The molecule has 6 heteroatoms. The topological polar surface area (TPSA) is 76.3 Å². The molecule has 1 aromatic carbocycles. The summed E-state index contributed by atoms with van der Waals surface area (Å²) in [7, 11) is 0. The Labute approximate surface area is 147 Å². The third-order valence-electron chi connectivity index (χ3n) is 4.51. The molecule has 1 amide bonds. The molecular weight excluding hydrogens is 316 g/mol. The smallest absolute Gasteiger partial charge is 0.271 e. The second kappa shape index (κ2) is 7.17. The molecule has 0 unspecified atom stereocenters. The van der Waals surface area contributed by atoms with Crippen molar-refractivity contribution in [3.05, 3.63) is 39.9 Å². The fourth-order valence-corrected chi connectivity index (χ4v) is 2.99. The van der Waals surface area contributed by atoms with E-state index in [2.05, 4.69) is 29.4 Å². The quantitative estimate of drug-likeness (QED) is 0.671. The summed E-state index contributed by atoms with van der Waals surface area (Å²) in [6.07, 6.45) is 3.65. The van der Waals surface area contributed by atoms with Crippen molar-refractivity contribution < 1.29 is 4.79 Å². The van der Waals surface area contributed by atoms with E-state index in [0.29, 0.717) is 22.4 Å². The van der Waals surface area contributed by atoms with Crippen LogP contribution in [0.1, 0.15) is 56.2 Å². The van der Waals surface area contributed by atoms with E-state index in [-0.39, 0.29) is 11.5 Å². The van der Waals surface area contributed by atoms with Gasteiger partial charge in [-0.3, -0.25) is 14.2 Å². The van der Waals surface area contributed by atoms with Gasteiger partial charge >= 0.3 is 0 Å². The van der Waals surface area contributed by atoms with Crippen LogP contribution >= 0.6 is 0 Å². The van der Waals surface area contributed by atoms with Gasteiger partial charge in [0.05, 0.1) is 10.9 Å². The van der Waals surface area contributed by atoms with Gasteiger partial charge in [-0.05, 0) is 50.3 Å². The molecule has 132 valence electrons. The number of benzene rings is 1. The third-order valence-corrected chi connectivity index (χ3v) is 4.51. The molecule has 0 aliphatic carbocycles. The molecule has 1 N–H and O–H groups in total. The van der Waals surface area contributed by atoms with Gasteiger partial charge in [0.1, 0.15) is 5.82 Å². The van der Waals surface area contributed by atoms with Crippen LogP contribution in [0.25, 0.3) is 10.9 Å². The Hall–Kier alpha value is -2.50. The molecule has 3 rings (SSSR count). The summed E-state index contributed by atoms with van der Waals surface area (Å²) in [4.78, 5) is 29.3. The Kier molecular flexibility index (Phi) is 4.97. The number of aromatic nitrogens is 2. The summed E-state index contributed by atoms with van der Waals surface area (Å²) >= 11 is 0. The van der Waals surface area contributed by atoms with Gasteiger partial charge in [-0.1, -0.05) is 13.8 Å². The lowest BCUT2D eigenvalue weighted by atomic mass is 10.1. The average Bonchev–Trinajstić information content (AvgIpc) is 3.06. The van der Waals surface area contributed by atoms with E-state index >= 15 is 0 Å². The summed E-state index contributed by atoms with van der Waals surface area (Å²) < 4.78 is 1.73. The number of carbonyl (C=O) groups is 1. The Balaban J connectivity index is 1.80. The highest BCUT2D eigenvalue weighted by Gasteiger charge is 2.17. The molecule has 25 heavy (non-hydrogen) atoms. The van der Waals surface area contributed by atoms with E-state index in [9.17, 15) is 9.59 Å². The zero-order valence-electron chi connectivity index (χ0n) is 15.0. The van der Waals surface area contributed by atoms with E-state index in [1.807, 2.05) is 6.92 Å². The number of rotatable bonds is 5.